The average Bonchev–Trinajstić information content (AvgIpc) is 2.04. The van der Waals surface area contributed by atoms with Gasteiger partial charge in [-0.25, -0.2) is 0 Å². The van der Waals surface area contributed by atoms with Crippen LogP contribution in [-0.4, -0.2) is 16.4 Å². The standard InChI is InChI=1S/C8H14N2OS2/c9-7(12)11-8(13)10-6-4-2-1-3-5-6/h6H,1-5H2,(H2,9,12)(H,10,13). The quantitative estimate of drug-likeness (QED) is 0.652. The fourth-order valence-electron chi connectivity index (χ4n) is 1.53. The van der Waals surface area contributed by atoms with Gasteiger partial charge in [-0.3, -0.25) is 0 Å². The van der Waals surface area contributed by atoms with Gasteiger partial charge in [0.05, 0.1) is 0 Å². The lowest BCUT2D eigenvalue weighted by Gasteiger charge is -2.23. The van der Waals surface area contributed by atoms with Crippen LogP contribution in [0.25, 0.3) is 0 Å². The third-order valence-corrected chi connectivity index (χ3v) is 2.40. The molecule has 0 saturated heterocycles. The lowest BCUT2D eigenvalue weighted by molar-refractivity contribution is 0.393. The highest BCUT2D eigenvalue weighted by Crippen LogP contribution is 2.17. The van der Waals surface area contributed by atoms with Gasteiger partial charge in [-0.15, -0.1) is 0 Å². The predicted molar refractivity (Wildman–Crippen MR) is 60.5 cm³/mol. The molecule has 5 heteroatoms. The molecule has 0 unspecified atom stereocenters. The zero-order valence-electron chi connectivity index (χ0n) is 7.41. The molecule has 1 saturated carbocycles. The Morgan fingerprint density at radius 2 is 1.85 bits per heavy atom. The van der Waals surface area contributed by atoms with Crippen molar-refractivity contribution < 1.29 is 4.74 Å². The van der Waals surface area contributed by atoms with Crippen molar-refractivity contribution in [3.05, 3.63) is 0 Å². The summed E-state index contributed by atoms with van der Waals surface area (Å²) in [5.41, 5.74) is 5.18. The molecule has 0 spiro atoms. The molecule has 0 bridgehead atoms. The van der Waals surface area contributed by atoms with Crippen molar-refractivity contribution in [2.75, 3.05) is 0 Å². The SMILES string of the molecule is NC(=S)OC(=S)NC1CCCCC1. The Bertz CT molecular complexity index is 202. The Hall–Kier alpha value is -0.420. The van der Waals surface area contributed by atoms with E-state index in [1.54, 1.807) is 0 Å². The maximum absolute atomic E-state index is 5.18. The van der Waals surface area contributed by atoms with Crippen LogP contribution in [0, 0.1) is 0 Å². The molecular formula is C8H14N2OS2. The minimum atomic E-state index is -0.0201. The van der Waals surface area contributed by atoms with E-state index in [9.17, 15) is 0 Å². The first-order valence-corrected chi connectivity index (χ1v) is 5.28. The molecule has 0 aromatic carbocycles. The second kappa shape index (κ2) is 5.34. The zero-order chi connectivity index (χ0) is 9.68. The van der Waals surface area contributed by atoms with E-state index in [0.29, 0.717) is 11.2 Å². The second-order valence-electron chi connectivity index (χ2n) is 3.19. The van der Waals surface area contributed by atoms with Crippen molar-refractivity contribution in [2.45, 2.75) is 38.1 Å². The number of thiocarbonyl (C=S) groups is 2. The van der Waals surface area contributed by atoms with E-state index in [1.165, 1.54) is 19.3 Å². The normalized spacial score (nSPS) is 17.8. The highest BCUT2D eigenvalue weighted by molar-refractivity contribution is 7.81. The Balaban J connectivity index is 2.22. The number of rotatable bonds is 1. The van der Waals surface area contributed by atoms with Gasteiger partial charge in [0.1, 0.15) is 0 Å². The minimum absolute atomic E-state index is 0.0201. The van der Waals surface area contributed by atoms with Crippen molar-refractivity contribution in [1.29, 1.82) is 0 Å². The molecule has 0 amide bonds. The third-order valence-electron chi connectivity index (χ3n) is 2.12. The summed E-state index contributed by atoms with van der Waals surface area (Å²) in [5.74, 6) is 0. The van der Waals surface area contributed by atoms with Gasteiger partial charge in [-0.1, -0.05) is 19.3 Å². The molecule has 0 radical (unpaired) electrons. The largest absolute Gasteiger partial charge is 0.405 e. The minimum Gasteiger partial charge on any atom is -0.405 e. The van der Waals surface area contributed by atoms with Crippen LogP contribution < -0.4 is 11.1 Å². The van der Waals surface area contributed by atoms with Crippen molar-refractivity contribution in [1.82, 2.24) is 5.32 Å². The van der Waals surface area contributed by atoms with Crippen molar-refractivity contribution in [3.8, 4) is 0 Å². The van der Waals surface area contributed by atoms with Crippen LogP contribution in [0.3, 0.4) is 0 Å². The van der Waals surface area contributed by atoms with E-state index in [2.05, 4.69) is 17.5 Å². The van der Waals surface area contributed by atoms with Crippen molar-refractivity contribution in [2.24, 2.45) is 5.73 Å². The molecule has 0 aliphatic heterocycles. The first-order valence-electron chi connectivity index (χ1n) is 4.46. The summed E-state index contributed by atoms with van der Waals surface area (Å²) in [6.45, 7) is 0. The van der Waals surface area contributed by atoms with Gasteiger partial charge in [0.15, 0.2) is 0 Å². The predicted octanol–water partition coefficient (Wildman–Crippen LogP) is 1.45. The fraction of sp³-hybridized carbons (Fsp3) is 0.750. The summed E-state index contributed by atoms with van der Waals surface area (Å²) < 4.78 is 4.88. The van der Waals surface area contributed by atoms with E-state index in [1.807, 2.05) is 0 Å². The molecular weight excluding hydrogens is 204 g/mol. The van der Waals surface area contributed by atoms with Crippen LogP contribution in [0.2, 0.25) is 0 Å². The Labute approximate surface area is 89.0 Å². The van der Waals surface area contributed by atoms with E-state index in [0.717, 1.165) is 12.8 Å². The lowest BCUT2D eigenvalue weighted by atomic mass is 9.96. The second-order valence-corrected chi connectivity index (χ2v) is 3.96. The van der Waals surface area contributed by atoms with Crippen LogP contribution in [-0.2, 0) is 4.74 Å². The first-order chi connectivity index (χ1) is 6.18. The van der Waals surface area contributed by atoms with Gasteiger partial charge in [0.25, 0.3) is 10.3 Å². The summed E-state index contributed by atoms with van der Waals surface area (Å²) in [6, 6.07) is 0.440. The van der Waals surface area contributed by atoms with E-state index >= 15 is 0 Å². The summed E-state index contributed by atoms with van der Waals surface area (Å²) in [4.78, 5) is 0. The molecule has 1 rings (SSSR count). The van der Waals surface area contributed by atoms with Crippen molar-refractivity contribution in [3.63, 3.8) is 0 Å². The molecule has 0 heterocycles. The average molecular weight is 218 g/mol. The van der Waals surface area contributed by atoms with Crippen LogP contribution in [0.4, 0.5) is 0 Å². The molecule has 3 nitrogen and oxygen atoms in total. The molecule has 3 N–H and O–H groups in total. The highest BCUT2D eigenvalue weighted by atomic mass is 32.1. The molecule has 0 aromatic rings. The fourth-order valence-corrected chi connectivity index (χ4v) is 1.93. The Kier molecular flexibility index (Phi) is 4.38. The van der Waals surface area contributed by atoms with Gasteiger partial charge < -0.3 is 15.8 Å². The van der Waals surface area contributed by atoms with Gasteiger partial charge in [0, 0.05) is 6.04 Å². The number of hydrogen-bond donors (Lipinski definition) is 2. The summed E-state index contributed by atoms with van der Waals surface area (Å²) >= 11 is 9.48. The Morgan fingerprint density at radius 1 is 1.23 bits per heavy atom. The van der Waals surface area contributed by atoms with Gasteiger partial charge in [0.2, 0.25) is 0 Å². The maximum Gasteiger partial charge on any atom is 0.264 e. The number of nitrogens with two attached hydrogens (primary N) is 1. The van der Waals surface area contributed by atoms with E-state index in [-0.39, 0.29) is 5.17 Å². The highest BCUT2D eigenvalue weighted by Gasteiger charge is 2.14. The van der Waals surface area contributed by atoms with E-state index < -0.39 is 0 Å². The Morgan fingerprint density at radius 3 is 2.38 bits per heavy atom. The van der Waals surface area contributed by atoms with Crippen molar-refractivity contribution >= 4 is 34.8 Å². The lowest BCUT2D eigenvalue weighted by Crippen LogP contribution is -2.38. The monoisotopic (exact) mass is 218 g/mol. The van der Waals surface area contributed by atoms with E-state index in [4.69, 9.17) is 22.7 Å². The molecule has 1 aliphatic rings. The van der Waals surface area contributed by atoms with Crippen LogP contribution in [0.5, 0.6) is 0 Å². The van der Waals surface area contributed by atoms with Gasteiger partial charge in [-0.05, 0) is 37.3 Å². The molecule has 0 aromatic heterocycles. The third kappa shape index (κ3) is 4.38. The van der Waals surface area contributed by atoms with Gasteiger partial charge in [-0.2, -0.15) is 0 Å². The van der Waals surface area contributed by atoms with Crippen LogP contribution in [0.1, 0.15) is 32.1 Å². The number of hydrogen-bond acceptors (Lipinski definition) is 3. The van der Waals surface area contributed by atoms with Crippen LogP contribution >= 0.6 is 24.4 Å². The smallest absolute Gasteiger partial charge is 0.264 e. The molecule has 1 aliphatic carbocycles. The summed E-state index contributed by atoms with van der Waals surface area (Å²) in [6.07, 6.45) is 6.14. The summed E-state index contributed by atoms with van der Waals surface area (Å²) in [7, 11) is 0. The first kappa shape index (κ1) is 10.7. The number of ether oxygens (including phenoxy) is 1. The topological polar surface area (TPSA) is 47.3 Å². The summed E-state index contributed by atoms with van der Waals surface area (Å²) in [5, 5.41) is 3.38. The number of nitrogens with one attached hydrogen (secondary N) is 1. The van der Waals surface area contributed by atoms with Gasteiger partial charge >= 0.3 is 0 Å². The molecule has 13 heavy (non-hydrogen) atoms. The maximum atomic E-state index is 5.18. The van der Waals surface area contributed by atoms with Crippen LogP contribution in [0.15, 0.2) is 0 Å². The molecule has 0 atom stereocenters. The zero-order valence-corrected chi connectivity index (χ0v) is 9.05. The molecule has 74 valence electrons. The molecule has 1 fully saturated rings.